The standard InChI is InChI=1S/C21H13.C8H8.C5H5.2ClH.Zr/c1-2-8-15-14(7-1)13-20-18-11-4-3-9-16(18)17-10-5-6-12-19(17)21(15)20;1-2-8-6-4-3-5-7-8;1-2-4-5-3-1;;;/h1-10,12H,13H2;3-7H,1H3;1-5H;2*1H;/q-1;;-1;;;+2/p-2. The van der Waals surface area contributed by atoms with Crippen LogP contribution < -0.4 is 24.8 Å². The fourth-order valence-electron chi connectivity index (χ4n) is 4.74. The Morgan fingerprint density at radius 1 is 0.703 bits per heavy atom. The van der Waals surface area contributed by atoms with Gasteiger partial charge >= 0.3 is 70.3 Å². The van der Waals surface area contributed by atoms with Crippen molar-refractivity contribution < 1.29 is 49.0 Å². The molecule has 0 nitrogen and oxygen atoms in total. The average molecular weight is 597 g/mol. The van der Waals surface area contributed by atoms with Gasteiger partial charge in [-0.2, -0.15) is 18.2 Å². The normalized spacial score (nSPS) is 10.5. The summed E-state index contributed by atoms with van der Waals surface area (Å²) in [5.41, 5.74) is 7.04. The van der Waals surface area contributed by atoms with Crippen molar-refractivity contribution in [2.24, 2.45) is 0 Å². The predicted octanol–water partition coefficient (Wildman–Crippen LogP) is 2.55. The van der Waals surface area contributed by atoms with Gasteiger partial charge in [-0.1, -0.05) is 53.9 Å². The van der Waals surface area contributed by atoms with E-state index in [9.17, 15) is 0 Å². The van der Waals surface area contributed by atoms with Crippen molar-refractivity contribution in [3.05, 3.63) is 150 Å². The summed E-state index contributed by atoms with van der Waals surface area (Å²) in [6.07, 6.45) is 1.02. The number of hydrogen-bond donors (Lipinski definition) is 0. The molecule has 1 aliphatic carbocycles. The van der Waals surface area contributed by atoms with Crippen LogP contribution in [0.1, 0.15) is 23.6 Å². The molecule has 6 aromatic carbocycles. The van der Waals surface area contributed by atoms with Gasteiger partial charge in [0.1, 0.15) is 0 Å². The topological polar surface area (TPSA) is 0 Å². The zero-order chi connectivity index (χ0) is 24.0. The predicted molar refractivity (Wildman–Crippen MR) is 147 cm³/mol. The summed E-state index contributed by atoms with van der Waals surface area (Å²) < 4.78 is 1.46. The van der Waals surface area contributed by atoms with E-state index in [-0.39, 0.29) is 24.8 Å². The fourth-order valence-corrected chi connectivity index (χ4v) is 5.15. The second-order valence-corrected chi connectivity index (χ2v) is 10.5. The number of hydrogen-bond acceptors (Lipinski definition) is 0. The fraction of sp³-hybridized carbons (Fsp3) is 0.0588. The number of halogens is 2. The molecule has 0 amide bonds. The van der Waals surface area contributed by atoms with Crippen molar-refractivity contribution in [1.82, 2.24) is 0 Å². The second kappa shape index (κ2) is 13.7. The minimum atomic E-state index is 0. The van der Waals surface area contributed by atoms with Crippen molar-refractivity contribution in [2.75, 3.05) is 0 Å². The molecule has 0 N–H and O–H groups in total. The molecule has 0 spiro atoms. The summed E-state index contributed by atoms with van der Waals surface area (Å²) >= 11 is 1.51. The van der Waals surface area contributed by atoms with Crippen LogP contribution in [-0.2, 0) is 30.7 Å². The van der Waals surface area contributed by atoms with Gasteiger partial charge in [0, 0.05) is 0 Å². The van der Waals surface area contributed by atoms with Gasteiger partial charge in [-0.25, -0.2) is 12.1 Å². The summed E-state index contributed by atoms with van der Waals surface area (Å²) in [4.78, 5) is 0. The van der Waals surface area contributed by atoms with E-state index in [2.05, 4.69) is 97.9 Å². The van der Waals surface area contributed by atoms with Crippen LogP contribution >= 0.6 is 0 Å². The molecule has 1 aliphatic rings. The molecule has 0 aliphatic heterocycles. The van der Waals surface area contributed by atoms with Crippen LogP contribution in [0.25, 0.3) is 32.7 Å². The average Bonchev–Trinajstić information content (AvgIpc) is 3.62. The van der Waals surface area contributed by atoms with Gasteiger partial charge in [-0.3, -0.25) is 0 Å². The van der Waals surface area contributed by atoms with Gasteiger partial charge in [0.15, 0.2) is 0 Å². The zero-order valence-electron chi connectivity index (χ0n) is 20.6. The summed E-state index contributed by atoms with van der Waals surface area (Å²) in [5.74, 6) is 0. The Hall–Kier alpha value is -2.70. The first-order valence-electron chi connectivity index (χ1n) is 11.9. The van der Waals surface area contributed by atoms with Gasteiger partial charge in [0.2, 0.25) is 0 Å². The molecule has 0 saturated heterocycles. The van der Waals surface area contributed by atoms with E-state index >= 15 is 0 Å². The Kier molecular flexibility index (Phi) is 10.7. The van der Waals surface area contributed by atoms with Crippen LogP contribution in [0.2, 0.25) is 0 Å². The van der Waals surface area contributed by atoms with Crippen molar-refractivity contribution in [3.8, 4) is 11.1 Å². The van der Waals surface area contributed by atoms with Crippen LogP contribution in [0.5, 0.6) is 0 Å². The third kappa shape index (κ3) is 6.42. The molecule has 0 saturated carbocycles. The van der Waals surface area contributed by atoms with E-state index < -0.39 is 0 Å². The van der Waals surface area contributed by atoms with Crippen molar-refractivity contribution >= 4 is 24.8 Å². The molecule has 0 bridgehead atoms. The molecular formula is C34H26Cl2Zr-2. The molecule has 0 unspecified atom stereocenters. The van der Waals surface area contributed by atoms with Gasteiger partial charge in [-0.15, -0.1) is 40.6 Å². The summed E-state index contributed by atoms with van der Waals surface area (Å²) in [6, 6.07) is 47.8. The van der Waals surface area contributed by atoms with E-state index in [0.29, 0.717) is 0 Å². The molecule has 0 atom stereocenters. The molecule has 0 fully saturated rings. The molecule has 3 heteroatoms. The maximum Gasteiger partial charge on any atom is -0.0240 e. The minimum absolute atomic E-state index is 0. The Bertz CT molecular complexity index is 1570. The monoisotopic (exact) mass is 594 g/mol. The Morgan fingerprint density at radius 2 is 1.32 bits per heavy atom. The van der Waals surface area contributed by atoms with Crippen molar-refractivity contribution in [1.29, 1.82) is 0 Å². The van der Waals surface area contributed by atoms with Crippen LogP contribution in [0.4, 0.5) is 0 Å². The van der Waals surface area contributed by atoms with E-state index in [1.165, 1.54) is 76.8 Å². The summed E-state index contributed by atoms with van der Waals surface area (Å²) in [6.45, 7) is 2.16. The molecule has 182 valence electrons. The van der Waals surface area contributed by atoms with Gasteiger partial charge < -0.3 is 24.8 Å². The molecule has 0 heterocycles. The first-order valence-corrected chi connectivity index (χ1v) is 13.2. The Labute approximate surface area is 246 Å². The third-order valence-corrected chi connectivity index (χ3v) is 7.07. The molecular weight excluding hydrogens is 571 g/mol. The van der Waals surface area contributed by atoms with Gasteiger partial charge in [0.05, 0.1) is 0 Å². The smallest absolute Gasteiger partial charge is 0.0240 e. The number of benzene rings is 5. The van der Waals surface area contributed by atoms with Crippen LogP contribution in [0, 0.1) is 6.07 Å². The third-order valence-electron chi connectivity index (χ3n) is 6.36. The summed E-state index contributed by atoms with van der Waals surface area (Å²) in [5, 5.41) is 5.30. The Balaban J connectivity index is 0.000000199. The van der Waals surface area contributed by atoms with E-state index in [1.54, 1.807) is 0 Å². The first-order chi connectivity index (χ1) is 17.2. The molecule has 7 rings (SSSR count). The van der Waals surface area contributed by atoms with Crippen molar-refractivity contribution in [3.63, 3.8) is 0 Å². The largest absolute Gasteiger partial charge is 1.00 e. The second-order valence-electron chi connectivity index (χ2n) is 8.65. The first kappa shape index (κ1) is 28.9. The van der Waals surface area contributed by atoms with Gasteiger partial charge in [-0.05, 0) is 28.5 Å². The zero-order valence-corrected chi connectivity index (χ0v) is 24.6. The van der Waals surface area contributed by atoms with E-state index in [4.69, 9.17) is 0 Å². The molecule has 6 aromatic rings. The quantitative estimate of drug-likeness (QED) is 0.202. The van der Waals surface area contributed by atoms with Crippen molar-refractivity contribution in [2.45, 2.75) is 13.3 Å². The molecule has 37 heavy (non-hydrogen) atoms. The SMILES string of the molecule is C[C](=[Zr+2])c1ccccc1.[Cl-].[Cl-].[c-]1cccc2c1c1c(c3ccccc32)-c2ccccc2C1.c1cc[cH-]c1. The molecule has 0 radical (unpaired) electrons. The number of fused-ring (bicyclic) bond motifs is 8. The molecule has 0 aromatic heterocycles. The van der Waals surface area contributed by atoms with Gasteiger partial charge in [0.25, 0.3) is 0 Å². The number of rotatable bonds is 1. The van der Waals surface area contributed by atoms with Crippen LogP contribution in [0.15, 0.2) is 127 Å². The van der Waals surface area contributed by atoms with Crippen LogP contribution in [-0.4, -0.2) is 3.21 Å². The Morgan fingerprint density at radius 3 is 1.97 bits per heavy atom. The van der Waals surface area contributed by atoms with Crippen LogP contribution in [0.3, 0.4) is 0 Å². The summed E-state index contributed by atoms with van der Waals surface area (Å²) in [7, 11) is 0. The van der Waals surface area contributed by atoms with E-state index in [1.807, 2.05) is 42.5 Å². The maximum absolute atomic E-state index is 3.48. The maximum atomic E-state index is 3.48. The van der Waals surface area contributed by atoms with E-state index in [0.717, 1.165) is 6.42 Å². The minimum Gasteiger partial charge on any atom is -1.00 e.